The van der Waals surface area contributed by atoms with E-state index in [0.29, 0.717) is 25.6 Å². The molecule has 5 heteroatoms. The van der Waals surface area contributed by atoms with Crippen LogP contribution in [0.2, 0.25) is 0 Å². The Morgan fingerprint density at radius 3 is 2.19 bits per heavy atom. The molecule has 0 bridgehead atoms. The van der Waals surface area contributed by atoms with Crippen molar-refractivity contribution in [1.82, 2.24) is 9.80 Å². The highest BCUT2D eigenvalue weighted by molar-refractivity contribution is 5.82. The molecule has 0 saturated carbocycles. The number of nitrogens with zero attached hydrogens (tertiary/aromatic N) is 2. The van der Waals surface area contributed by atoms with Crippen LogP contribution in [0.5, 0.6) is 0 Å². The Bertz CT molecular complexity index is 351. The third-order valence-electron chi connectivity index (χ3n) is 4.28. The first-order valence-corrected chi connectivity index (χ1v) is 8.18. The maximum absolute atomic E-state index is 13.0. The van der Waals surface area contributed by atoms with Gasteiger partial charge in [-0.05, 0) is 26.7 Å². The van der Waals surface area contributed by atoms with Crippen LogP contribution in [0.4, 0.5) is 0 Å². The Morgan fingerprint density at radius 1 is 1.05 bits per heavy atom. The molecule has 2 fully saturated rings. The highest BCUT2D eigenvalue weighted by atomic mass is 16.5. The lowest BCUT2D eigenvalue weighted by atomic mass is 9.98. The van der Waals surface area contributed by atoms with Crippen LogP contribution in [0.3, 0.4) is 0 Å². The van der Waals surface area contributed by atoms with Crippen LogP contribution in [0, 0.1) is 5.92 Å². The average Bonchev–Trinajstić information content (AvgIpc) is 2.37. The molecule has 0 unspecified atom stereocenters. The first-order valence-electron chi connectivity index (χ1n) is 8.18. The lowest BCUT2D eigenvalue weighted by molar-refractivity contribution is -0.151. The van der Waals surface area contributed by atoms with Crippen molar-refractivity contribution in [3.8, 4) is 0 Å². The second-order valence-corrected chi connectivity index (χ2v) is 6.87. The van der Waals surface area contributed by atoms with E-state index in [4.69, 9.17) is 9.47 Å². The minimum absolute atomic E-state index is 0.0518. The Balaban J connectivity index is 2.08. The second-order valence-electron chi connectivity index (χ2n) is 6.87. The monoisotopic (exact) mass is 298 g/mol. The molecule has 0 spiro atoms. The highest BCUT2D eigenvalue weighted by Gasteiger charge is 2.37. The van der Waals surface area contributed by atoms with Crippen LogP contribution in [0.1, 0.15) is 34.6 Å². The molecule has 2 rings (SSSR count). The molecule has 2 aliphatic heterocycles. The number of carbonyl (C=O) groups is 1. The van der Waals surface area contributed by atoms with Crippen molar-refractivity contribution in [2.75, 3.05) is 32.8 Å². The van der Waals surface area contributed by atoms with Gasteiger partial charge in [0, 0.05) is 26.2 Å². The summed E-state index contributed by atoms with van der Waals surface area (Å²) in [4.78, 5) is 17.3. The summed E-state index contributed by atoms with van der Waals surface area (Å²) in [7, 11) is 0. The molecule has 0 aliphatic carbocycles. The standard InChI is InChI=1S/C16H30N2O3/c1-11(2)15(18-9-13(4)21-14(5)10-18)16(19)17-6-7-20-12(3)8-17/h11-15H,6-10H2,1-5H3/t12-,13+,14+,15+/m1/s1. The summed E-state index contributed by atoms with van der Waals surface area (Å²) in [5, 5.41) is 0. The van der Waals surface area contributed by atoms with Gasteiger partial charge in [-0.1, -0.05) is 13.8 Å². The van der Waals surface area contributed by atoms with E-state index >= 15 is 0 Å². The fraction of sp³-hybridized carbons (Fsp3) is 0.938. The SMILES string of the molecule is CC(C)[C@@H](C(=O)N1CCO[C@H](C)C1)N1C[C@H](C)O[C@@H](C)C1. The zero-order chi connectivity index (χ0) is 15.6. The maximum Gasteiger partial charge on any atom is 0.240 e. The van der Waals surface area contributed by atoms with Crippen molar-refractivity contribution < 1.29 is 14.3 Å². The number of hydrogen-bond acceptors (Lipinski definition) is 4. The van der Waals surface area contributed by atoms with E-state index < -0.39 is 0 Å². The van der Waals surface area contributed by atoms with Crippen LogP contribution < -0.4 is 0 Å². The van der Waals surface area contributed by atoms with Crippen LogP contribution in [0.15, 0.2) is 0 Å². The minimum Gasteiger partial charge on any atom is -0.375 e. The zero-order valence-corrected chi connectivity index (χ0v) is 14.0. The molecule has 4 atom stereocenters. The first-order chi connectivity index (χ1) is 9.88. The first kappa shape index (κ1) is 16.7. The molecule has 2 aliphatic rings. The molecular weight excluding hydrogens is 268 g/mol. The number of morpholine rings is 2. The Kier molecular flexibility index (Phi) is 5.63. The number of amides is 1. The third kappa shape index (κ3) is 4.18. The predicted molar refractivity (Wildman–Crippen MR) is 82.2 cm³/mol. The van der Waals surface area contributed by atoms with E-state index in [1.165, 1.54) is 0 Å². The topological polar surface area (TPSA) is 42.0 Å². The molecular formula is C16H30N2O3. The van der Waals surface area contributed by atoms with Gasteiger partial charge in [-0.25, -0.2) is 0 Å². The average molecular weight is 298 g/mol. The lowest BCUT2D eigenvalue weighted by Gasteiger charge is -2.43. The molecule has 0 aromatic heterocycles. The molecule has 2 heterocycles. The summed E-state index contributed by atoms with van der Waals surface area (Å²) in [5.41, 5.74) is 0. The van der Waals surface area contributed by atoms with Gasteiger partial charge in [0.15, 0.2) is 0 Å². The molecule has 2 saturated heterocycles. The summed E-state index contributed by atoms with van der Waals surface area (Å²) in [6.07, 6.45) is 0.510. The zero-order valence-electron chi connectivity index (χ0n) is 14.0. The largest absolute Gasteiger partial charge is 0.375 e. The van der Waals surface area contributed by atoms with Crippen molar-refractivity contribution >= 4 is 5.91 Å². The van der Waals surface area contributed by atoms with Crippen LogP contribution >= 0.6 is 0 Å². The maximum atomic E-state index is 13.0. The van der Waals surface area contributed by atoms with Gasteiger partial charge in [-0.3, -0.25) is 9.69 Å². The molecule has 1 amide bonds. The smallest absolute Gasteiger partial charge is 0.240 e. The van der Waals surface area contributed by atoms with Gasteiger partial charge in [0.2, 0.25) is 5.91 Å². The Morgan fingerprint density at radius 2 is 1.67 bits per heavy atom. The number of hydrogen-bond donors (Lipinski definition) is 0. The summed E-state index contributed by atoms with van der Waals surface area (Å²) in [6, 6.07) is -0.0518. The molecule has 21 heavy (non-hydrogen) atoms. The molecule has 122 valence electrons. The summed E-state index contributed by atoms with van der Waals surface area (Å²) in [5.74, 6) is 0.551. The second kappa shape index (κ2) is 7.07. The molecule has 5 nitrogen and oxygen atoms in total. The fourth-order valence-electron chi connectivity index (χ4n) is 3.51. The fourth-order valence-corrected chi connectivity index (χ4v) is 3.51. The van der Waals surface area contributed by atoms with Crippen molar-refractivity contribution in [3.63, 3.8) is 0 Å². The highest BCUT2D eigenvalue weighted by Crippen LogP contribution is 2.21. The van der Waals surface area contributed by atoms with Crippen LogP contribution in [-0.4, -0.2) is 72.8 Å². The Hall–Kier alpha value is -0.650. The molecule has 0 radical (unpaired) electrons. The predicted octanol–water partition coefficient (Wildman–Crippen LogP) is 1.37. The molecule has 0 aromatic rings. The van der Waals surface area contributed by atoms with Gasteiger partial charge in [0.1, 0.15) is 0 Å². The van der Waals surface area contributed by atoms with Crippen molar-refractivity contribution in [1.29, 1.82) is 0 Å². The van der Waals surface area contributed by atoms with Gasteiger partial charge in [-0.2, -0.15) is 0 Å². The van der Waals surface area contributed by atoms with Gasteiger partial charge < -0.3 is 14.4 Å². The van der Waals surface area contributed by atoms with E-state index in [1.807, 2.05) is 11.8 Å². The lowest BCUT2D eigenvalue weighted by Crippen LogP contribution is -2.59. The summed E-state index contributed by atoms with van der Waals surface area (Å²) in [6.45, 7) is 14.2. The molecule has 0 N–H and O–H groups in total. The quantitative estimate of drug-likeness (QED) is 0.789. The normalized spacial score (nSPS) is 33.2. The van der Waals surface area contributed by atoms with Crippen molar-refractivity contribution in [2.24, 2.45) is 5.92 Å². The molecule has 0 aromatic carbocycles. The van der Waals surface area contributed by atoms with Gasteiger partial charge in [0.25, 0.3) is 0 Å². The minimum atomic E-state index is -0.0518. The van der Waals surface area contributed by atoms with Gasteiger partial charge in [-0.15, -0.1) is 0 Å². The summed E-state index contributed by atoms with van der Waals surface area (Å²) < 4.78 is 11.4. The number of rotatable bonds is 3. The van der Waals surface area contributed by atoms with E-state index in [2.05, 4.69) is 32.6 Å². The van der Waals surface area contributed by atoms with E-state index in [-0.39, 0.29) is 30.3 Å². The van der Waals surface area contributed by atoms with E-state index in [0.717, 1.165) is 13.1 Å². The Labute approximate surface area is 128 Å². The van der Waals surface area contributed by atoms with Crippen LogP contribution in [-0.2, 0) is 14.3 Å². The number of ether oxygens (including phenoxy) is 2. The van der Waals surface area contributed by atoms with Crippen molar-refractivity contribution in [2.45, 2.75) is 59.0 Å². The van der Waals surface area contributed by atoms with Crippen LogP contribution in [0.25, 0.3) is 0 Å². The third-order valence-corrected chi connectivity index (χ3v) is 4.28. The summed E-state index contributed by atoms with van der Waals surface area (Å²) >= 11 is 0. The van der Waals surface area contributed by atoms with E-state index in [9.17, 15) is 4.79 Å². The van der Waals surface area contributed by atoms with Gasteiger partial charge in [0.05, 0.1) is 31.0 Å². The van der Waals surface area contributed by atoms with E-state index in [1.54, 1.807) is 0 Å². The van der Waals surface area contributed by atoms with Gasteiger partial charge >= 0.3 is 0 Å². The van der Waals surface area contributed by atoms with Crippen molar-refractivity contribution in [3.05, 3.63) is 0 Å². The number of carbonyl (C=O) groups excluding carboxylic acids is 1.